The fourth-order valence-corrected chi connectivity index (χ4v) is 1.82. The summed E-state index contributed by atoms with van der Waals surface area (Å²) in [5, 5.41) is 8.93. The first-order valence-electron chi connectivity index (χ1n) is 5.50. The van der Waals surface area contributed by atoms with Crippen LogP contribution in [0.25, 0.3) is 0 Å². The molecule has 4 heteroatoms. The van der Waals surface area contributed by atoms with Gasteiger partial charge in [-0.2, -0.15) is 0 Å². The van der Waals surface area contributed by atoms with Gasteiger partial charge in [0, 0.05) is 37.4 Å². The first kappa shape index (κ1) is 10.4. The topological polar surface area (TPSA) is 49.2 Å². The van der Waals surface area contributed by atoms with Gasteiger partial charge in [0.05, 0.1) is 0 Å². The van der Waals surface area contributed by atoms with Crippen LogP contribution in [0, 0.1) is 5.92 Å². The molecular weight excluding hydrogens is 190 g/mol. The van der Waals surface area contributed by atoms with E-state index in [0.29, 0.717) is 5.92 Å². The van der Waals surface area contributed by atoms with Crippen molar-refractivity contribution in [2.75, 3.05) is 24.6 Å². The zero-order valence-electron chi connectivity index (χ0n) is 9.06. The number of aliphatic hydroxyl groups is 1. The van der Waals surface area contributed by atoms with E-state index in [2.05, 4.69) is 27.9 Å². The number of anilines is 1. The van der Waals surface area contributed by atoms with Crippen LogP contribution >= 0.6 is 0 Å². The smallest absolute Gasteiger partial charge is 0.132 e. The van der Waals surface area contributed by atoms with Crippen molar-refractivity contribution in [3.05, 3.63) is 18.1 Å². The van der Waals surface area contributed by atoms with Crippen molar-refractivity contribution in [1.29, 1.82) is 0 Å². The maximum absolute atomic E-state index is 8.93. The third-order valence-corrected chi connectivity index (χ3v) is 2.75. The maximum Gasteiger partial charge on any atom is 0.132 e. The lowest BCUT2D eigenvalue weighted by atomic mass is 10.0. The molecule has 82 valence electrons. The van der Waals surface area contributed by atoms with Gasteiger partial charge in [-0.1, -0.05) is 13.3 Å². The average molecular weight is 207 g/mol. The summed E-state index contributed by atoms with van der Waals surface area (Å²) >= 11 is 0. The molecule has 0 radical (unpaired) electrons. The van der Waals surface area contributed by atoms with Crippen molar-refractivity contribution in [3.63, 3.8) is 0 Å². The van der Waals surface area contributed by atoms with E-state index in [4.69, 9.17) is 5.11 Å². The van der Waals surface area contributed by atoms with Crippen LogP contribution in [0.4, 0.5) is 5.82 Å². The monoisotopic (exact) mass is 207 g/mol. The van der Waals surface area contributed by atoms with Crippen molar-refractivity contribution in [3.8, 4) is 0 Å². The van der Waals surface area contributed by atoms with Gasteiger partial charge >= 0.3 is 0 Å². The van der Waals surface area contributed by atoms with Crippen molar-refractivity contribution in [2.45, 2.75) is 19.8 Å². The zero-order chi connectivity index (χ0) is 10.7. The number of hydrogen-bond acceptors (Lipinski definition) is 4. The van der Waals surface area contributed by atoms with Gasteiger partial charge < -0.3 is 10.0 Å². The molecule has 2 heterocycles. The third kappa shape index (κ3) is 2.26. The van der Waals surface area contributed by atoms with Gasteiger partial charge in [0.2, 0.25) is 0 Å². The quantitative estimate of drug-likeness (QED) is 0.795. The molecule has 0 aliphatic carbocycles. The van der Waals surface area contributed by atoms with Crippen molar-refractivity contribution >= 4 is 5.82 Å². The Morgan fingerprint density at radius 1 is 1.47 bits per heavy atom. The second-order valence-electron chi connectivity index (χ2n) is 4.07. The van der Waals surface area contributed by atoms with Crippen molar-refractivity contribution < 1.29 is 5.11 Å². The lowest BCUT2D eigenvalue weighted by Gasteiger charge is -2.39. The van der Waals surface area contributed by atoms with E-state index in [-0.39, 0.29) is 6.61 Å². The molecule has 1 fully saturated rings. The summed E-state index contributed by atoms with van der Waals surface area (Å²) in [6.07, 6.45) is 3.75. The number of nitrogens with zero attached hydrogens (tertiary/aromatic N) is 3. The minimum atomic E-state index is 0.281. The van der Waals surface area contributed by atoms with Gasteiger partial charge in [-0.25, -0.2) is 9.97 Å². The second-order valence-corrected chi connectivity index (χ2v) is 4.07. The summed E-state index contributed by atoms with van der Waals surface area (Å²) in [7, 11) is 0. The molecule has 0 amide bonds. The van der Waals surface area contributed by atoms with Gasteiger partial charge in [-0.05, 0) is 6.42 Å². The van der Waals surface area contributed by atoms with Gasteiger partial charge in [0.15, 0.2) is 0 Å². The average Bonchev–Trinajstić information content (AvgIpc) is 2.17. The molecule has 0 unspecified atom stereocenters. The molecule has 0 atom stereocenters. The van der Waals surface area contributed by atoms with E-state index in [1.165, 1.54) is 0 Å². The summed E-state index contributed by atoms with van der Waals surface area (Å²) in [5.74, 6) is 1.42. The Morgan fingerprint density at radius 2 is 2.27 bits per heavy atom. The first-order chi connectivity index (χ1) is 7.33. The molecule has 1 aliphatic rings. The van der Waals surface area contributed by atoms with Crippen molar-refractivity contribution in [2.24, 2.45) is 5.92 Å². The summed E-state index contributed by atoms with van der Waals surface area (Å²) in [5.41, 5.74) is 1.11. The molecule has 1 aliphatic heterocycles. The first-order valence-corrected chi connectivity index (χ1v) is 5.50. The Hall–Kier alpha value is -1.16. The van der Waals surface area contributed by atoms with E-state index in [1.54, 1.807) is 6.33 Å². The number of aliphatic hydroxyl groups excluding tert-OH is 1. The normalized spacial score (nSPS) is 16.5. The molecule has 1 N–H and O–H groups in total. The van der Waals surface area contributed by atoms with Gasteiger partial charge in [-0.3, -0.25) is 0 Å². The molecule has 1 aromatic rings. The highest BCUT2D eigenvalue weighted by atomic mass is 16.3. The maximum atomic E-state index is 8.93. The molecule has 15 heavy (non-hydrogen) atoms. The number of aromatic nitrogens is 2. The van der Waals surface area contributed by atoms with Crippen LogP contribution in [-0.4, -0.2) is 34.8 Å². The highest BCUT2D eigenvalue weighted by molar-refractivity contribution is 5.42. The summed E-state index contributed by atoms with van der Waals surface area (Å²) in [4.78, 5) is 10.6. The molecule has 0 spiro atoms. The second kappa shape index (κ2) is 4.57. The standard InChI is InChI=1S/C11H17N3O/c1-2-3-10-4-11(13-8-12-10)14-5-9(6-14)7-15/h4,8-9,15H,2-3,5-7H2,1H3. The Morgan fingerprint density at radius 3 is 2.93 bits per heavy atom. The van der Waals surface area contributed by atoms with Crippen LogP contribution in [0.3, 0.4) is 0 Å². The van der Waals surface area contributed by atoms with E-state index >= 15 is 0 Å². The lowest BCUT2D eigenvalue weighted by Crippen LogP contribution is -2.48. The summed E-state index contributed by atoms with van der Waals surface area (Å²) in [6, 6.07) is 2.05. The predicted molar refractivity (Wildman–Crippen MR) is 58.8 cm³/mol. The Bertz CT molecular complexity index is 323. The zero-order valence-corrected chi connectivity index (χ0v) is 9.06. The predicted octanol–water partition coefficient (Wildman–Crippen LogP) is 0.858. The van der Waals surface area contributed by atoms with Crippen LogP contribution in [-0.2, 0) is 6.42 Å². The highest BCUT2D eigenvalue weighted by Gasteiger charge is 2.26. The number of hydrogen-bond donors (Lipinski definition) is 1. The van der Waals surface area contributed by atoms with E-state index in [9.17, 15) is 0 Å². The van der Waals surface area contributed by atoms with E-state index < -0.39 is 0 Å². The largest absolute Gasteiger partial charge is 0.396 e. The number of rotatable bonds is 4. The van der Waals surface area contributed by atoms with Crippen LogP contribution in [0.1, 0.15) is 19.0 Å². The Labute approximate surface area is 90.0 Å². The molecular formula is C11H17N3O. The minimum Gasteiger partial charge on any atom is -0.396 e. The lowest BCUT2D eigenvalue weighted by molar-refractivity contribution is 0.200. The van der Waals surface area contributed by atoms with Crippen LogP contribution in [0.2, 0.25) is 0 Å². The molecule has 2 rings (SSSR count). The Kier molecular flexibility index (Phi) is 3.16. The molecule has 1 aromatic heterocycles. The molecule has 0 aromatic carbocycles. The molecule has 1 saturated heterocycles. The molecule has 0 bridgehead atoms. The van der Waals surface area contributed by atoms with Gasteiger partial charge in [-0.15, -0.1) is 0 Å². The van der Waals surface area contributed by atoms with Crippen LogP contribution in [0.5, 0.6) is 0 Å². The molecule has 4 nitrogen and oxygen atoms in total. The Balaban J connectivity index is 2.00. The van der Waals surface area contributed by atoms with Crippen LogP contribution in [0.15, 0.2) is 12.4 Å². The van der Waals surface area contributed by atoms with Gasteiger partial charge in [0.25, 0.3) is 0 Å². The van der Waals surface area contributed by atoms with Crippen molar-refractivity contribution in [1.82, 2.24) is 9.97 Å². The molecule has 0 saturated carbocycles. The summed E-state index contributed by atoms with van der Waals surface area (Å²) < 4.78 is 0. The van der Waals surface area contributed by atoms with E-state index in [0.717, 1.165) is 37.4 Å². The third-order valence-electron chi connectivity index (χ3n) is 2.75. The summed E-state index contributed by atoms with van der Waals surface area (Å²) in [6.45, 7) is 4.26. The number of aryl methyl sites for hydroxylation is 1. The minimum absolute atomic E-state index is 0.281. The van der Waals surface area contributed by atoms with Crippen LogP contribution < -0.4 is 4.90 Å². The fraction of sp³-hybridized carbons (Fsp3) is 0.636. The fourth-order valence-electron chi connectivity index (χ4n) is 1.82. The highest BCUT2D eigenvalue weighted by Crippen LogP contribution is 2.22. The van der Waals surface area contributed by atoms with E-state index in [1.807, 2.05) is 0 Å². The SMILES string of the molecule is CCCc1cc(N2CC(CO)C2)ncn1. The van der Waals surface area contributed by atoms with Gasteiger partial charge in [0.1, 0.15) is 12.1 Å².